The molecule has 0 amide bonds. The fourth-order valence-electron chi connectivity index (χ4n) is 2.24. The van der Waals surface area contributed by atoms with Gasteiger partial charge in [-0.05, 0) is 37.6 Å². The quantitative estimate of drug-likeness (QED) is 0.538. The van der Waals surface area contributed by atoms with E-state index in [0.29, 0.717) is 11.4 Å². The summed E-state index contributed by atoms with van der Waals surface area (Å²) in [7, 11) is 0. The summed E-state index contributed by atoms with van der Waals surface area (Å²) >= 11 is 0. The smallest absolute Gasteiger partial charge is 0.350 e. The number of esters is 1. The topological polar surface area (TPSA) is 60.7 Å². The molecule has 0 aliphatic carbocycles. The number of benzene rings is 1. The number of hydrogen-bond acceptors (Lipinski definition) is 4. The number of hydrogen-bond donors (Lipinski definition) is 0. The number of fused-ring (bicyclic) bond motifs is 1. The minimum atomic E-state index is -0.706. The van der Waals surface area contributed by atoms with Crippen molar-refractivity contribution >= 4 is 11.6 Å². The molecule has 0 N–H and O–H groups in total. The molecule has 3 rings (SSSR count). The van der Waals surface area contributed by atoms with E-state index < -0.39 is 11.5 Å². The normalized spacial score (nSPS) is 10.6. The molecule has 5 heteroatoms. The van der Waals surface area contributed by atoms with Gasteiger partial charge in [-0.2, -0.15) is 0 Å². The Kier molecular flexibility index (Phi) is 3.47. The van der Waals surface area contributed by atoms with E-state index in [2.05, 4.69) is 4.98 Å². The molecule has 2 aromatic heterocycles. The Hall–Kier alpha value is -2.95. The first-order valence-corrected chi connectivity index (χ1v) is 6.82. The van der Waals surface area contributed by atoms with Crippen molar-refractivity contribution in [2.75, 3.05) is 0 Å². The van der Waals surface area contributed by atoms with E-state index in [1.54, 1.807) is 30.5 Å². The summed E-state index contributed by atoms with van der Waals surface area (Å²) in [5, 5.41) is 0. The largest absolute Gasteiger partial charge is 0.422 e. The zero-order chi connectivity index (χ0) is 15.7. The van der Waals surface area contributed by atoms with Crippen molar-refractivity contribution < 1.29 is 9.53 Å². The third-order valence-electron chi connectivity index (χ3n) is 3.37. The van der Waals surface area contributed by atoms with Crippen LogP contribution in [0.15, 0.2) is 53.6 Å². The lowest BCUT2D eigenvalue weighted by Gasteiger charge is -2.08. The van der Waals surface area contributed by atoms with E-state index in [4.69, 9.17) is 4.74 Å². The van der Waals surface area contributed by atoms with E-state index in [9.17, 15) is 9.59 Å². The Balaban J connectivity index is 1.99. The van der Waals surface area contributed by atoms with Gasteiger partial charge in [-0.3, -0.25) is 9.20 Å². The molecule has 0 bridgehead atoms. The van der Waals surface area contributed by atoms with Gasteiger partial charge in [0.05, 0.1) is 0 Å². The van der Waals surface area contributed by atoms with Gasteiger partial charge in [0.2, 0.25) is 0 Å². The first-order chi connectivity index (χ1) is 10.6. The molecule has 0 saturated heterocycles. The Labute approximate surface area is 126 Å². The standard InChI is InChI=1S/C17H14N2O3/c1-11-6-7-14(12(2)9-11)22-17(21)13-10-18-15-5-3-4-8-19(15)16(13)20/h3-10H,1-2H3. The zero-order valence-electron chi connectivity index (χ0n) is 12.2. The van der Waals surface area contributed by atoms with Gasteiger partial charge in [-0.25, -0.2) is 9.78 Å². The van der Waals surface area contributed by atoms with Gasteiger partial charge >= 0.3 is 5.97 Å². The molecule has 110 valence electrons. The third-order valence-corrected chi connectivity index (χ3v) is 3.37. The Morgan fingerprint density at radius 3 is 2.77 bits per heavy atom. The van der Waals surface area contributed by atoms with Crippen LogP contribution >= 0.6 is 0 Å². The number of nitrogens with zero attached hydrogens (tertiary/aromatic N) is 2. The second kappa shape index (κ2) is 5.44. The molecular formula is C17H14N2O3. The van der Waals surface area contributed by atoms with Gasteiger partial charge in [-0.15, -0.1) is 0 Å². The predicted molar refractivity (Wildman–Crippen MR) is 82.3 cm³/mol. The van der Waals surface area contributed by atoms with Gasteiger partial charge in [0, 0.05) is 12.4 Å². The van der Waals surface area contributed by atoms with Crippen LogP contribution in [0.3, 0.4) is 0 Å². The minimum absolute atomic E-state index is 0.0938. The average molecular weight is 294 g/mol. The number of carbonyl (C=O) groups excluding carboxylic acids is 1. The van der Waals surface area contributed by atoms with Crippen LogP contribution in [0.25, 0.3) is 5.65 Å². The molecular weight excluding hydrogens is 280 g/mol. The summed E-state index contributed by atoms with van der Waals surface area (Å²) in [5.41, 5.74) is 1.85. The average Bonchev–Trinajstić information content (AvgIpc) is 2.50. The maximum Gasteiger partial charge on any atom is 0.350 e. The van der Waals surface area contributed by atoms with Crippen molar-refractivity contribution in [3.8, 4) is 5.75 Å². The molecule has 2 heterocycles. The van der Waals surface area contributed by atoms with Crippen LogP contribution in [-0.4, -0.2) is 15.4 Å². The van der Waals surface area contributed by atoms with Crippen molar-refractivity contribution in [3.63, 3.8) is 0 Å². The highest BCUT2D eigenvalue weighted by Crippen LogP contribution is 2.19. The molecule has 5 nitrogen and oxygen atoms in total. The van der Waals surface area contributed by atoms with Crippen LogP contribution in [0, 0.1) is 13.8 Å². The summed E-state index contributed by atoms with van der Waals surface area (Å²) in [6.07, 6.45) is 2.82. The van der Waals surface area contributed by atoms with E-state index in [-0.39, 0.29) is 5.56 Å². The second-order valence-electron chi connectivity index (χ2n) is 5.06. The Bertz CT molecular complexity index is 929. The van der Waals surface area contributed by atoms with Crippen LogP contribution in [0.5, 0.6) is 5.75 Å². The number of ether oxygens (including phenoxy) is 1. The second-order valence-corrected chi connectivity index (χ2v) is 5.06. The van der Waals surface area contributed by atoms with E-state index >= 15 is 0 Å². The van der Waals surface area contributed by atoms with Crippen molar-refractivity contribution in [2.45, 2.75) is 13.8 Å². The zero-order valence-corrected chi connectivity index (χ0v) is 12.2. The Morgan fingerprint density at radius 1 is 1.18 bits per heavy atom. The lowest BCUT2D eigenvalue weighted by atomic mass is 10.1. The van der Waals surface area contributed by atoms with Gasteiger partial charge in [0.15, 0.2) is 0 Å². The van der Waals surface area contributed by atoms with Gasteiger partial charge in [0.1, 0.15) is 17.0 Å². The van der Waals surface area contributed by atoms with Crippen molar-refractivity contribution in [3.05, 3.63) is 75.8 Å². The van der Waals surface area contributed by atoms with Gasteiger partial charge in [0.25, 0.3) is 5.56 Å². The molecule has 0 radical (unpaired) electrons. The van der Waals surface area contributed by atoms with E-state index in [0.717, 1.165) is 11.1 Å². The summed E-state index contributed by atoms with van der Waals surface area (Å²) in [4.78, 5) is 28.7. The van der Waals surface area contributed by atoms with Crippen LogP contribution in [0.4, 0.5) is 0 Å². The Morgan fingerprint density at radius 2 is 2.00 bits per heavy atom. The SMILES string of the molecule is Cc1ccc(OC(=O)c2cnc3ccccn3c2=O)c(C)c1. The first-order valence-electron chi connectivity index (χ1n) is 6.82. The van der Waals surface area contributed by atoms with Crippen LogP contribution in [-0.2, 0) is 0 Å². The summed E-state index contributed by atoms with van der Waals surface area (Å²) in [5.74, 6) is -0.268. The maximum absolute atomic E-state index is 12.3. The minimum Gasteiger partial charge on any atom is -0.422 e. The molecule has 0 aliphatic heterocycles. The summed E-state index contributed by atoms with van der Waals surface area (Å²) < 4.78 is 6.64. The summed E-state index contributed by atoms with van der Waals surface area (Å²) in [6.45, 7) is 3.80. The highest BCUT2D eigenvalue weighted by atomic mass is 16.5. The lowest BCUT2D eigenvalue weighted by Crippen LogP contribution is -2.25. The number of carbonyl (C=O) groups is 1. The molecule has 0 spiro atoms. The van der Waals surface area contributed by atoms with Crippen molar-refractivity contribution in [1.29, 1.82) is 0 Å². The number of rotatable bonds is 2. The molecule has 0 fully saturated rings. The van der Waals surface area contributed by atoms with Crippen LogP contribution in [0.1, 0.15) is 21.5 Å². The predicted octanol–water partition coefficient (Wildman–Crippen LogP) is 2.53. The molecule has 3 aromatic rings. The highest BCUT2D eigenvalue weighted by Gasteiger charge is 2.16. The monoisotopic (exact) mass is 294 g/mol. The molecule has 0 aliphatic rings. The van der Waals surface area contributed by atoms with Crippen molar-refractivity contribution in [2.24, 2.45) is 0 Å². The number of aromatic nitrogens is 2. The number of aryl methyl sites for hydroxylation is 2. The lowest BCUT2D eigenvalue weighted by molar-refractivity contribution is 0.0731. The fourth-order valence-corrected chi connectivity index (χ4v) is 2.24. The molecule has 0 atom stereocenters. The third kappa shape index (κ3) is 2.48. The molecule has 0 unspecified atom stereocenters. The maximum atomic E-state index is 12.3. The van der Waals surface area contributed by atoms with Gasteiger partial charge in [-0.1, -0.05) is 23.8 Å². The first kappa shape index (κ1) is 14.0. The van der Waals surface area contributed by atoms with E-state index in [1.807, 2.05) is 26.0 Å². The molecule has 22 heavy (non-hydrogen) atoms. The number of pyridine rings is 1. The van der Waals surface area contributed by atoms with Crippen LogP contribution in [0.2, 0.25) is 0 Å². The van der Waals surface area contributed by atoms with Crippen molar-refractivity contribution in [1.82, 2.24) is 9.38 Å². The van der Waals surface area contributed by atoms with E-state index in [1.165, 1.54) is 10.6 Å². The van der Waals surface area contributed by atoms with Crippen LogP contribution < -0.4 is 10.3 Å². The molecule has 1 aromatic carbocycles. The fraction of sp³-hybridized carbons (Fsp3) is 0.118. The summed E-state index contributed by atoms with van der Waals surface area (Å²) in [6, 6.07) is 10.6. The van der Waals surface area contributed by atoms with Gasteiger partial charge < -0.3 is 4.74 Å². The molecule has 0 saturated carbocycles. The highest BCUT2D eigenvalue weighted by molar-refractivity contribution is 5.90.